The lowest BCUT2D eigenvalue weighted by Crippen LogP contribution is -2.34. The van der Waals surface area contributed by atoms with Gasteiger partial charge in [-0.1, -0.05) is 31.0 Å². The minimum atomic E-state index is -0.384. The fraction of sp³-hybridized carbons (Fsp3) is 0.625. The lowest BCUT2D eigenvalue weighted by Gasteiger charge is -2.19. The first-order valence-electron chi connectivity index (χ1n) is 6.96. The van der Waals surface area contributed by atoms with Crippen molar-refractivity contribution in [2.75, 3.05) is 0 Å². The molecule has 0 aliphatic heterocycles. The largest absolute Gasteiger partial charge is 0.392 e. The Morgan fingerprint density at radius 3 is 2.17 bits per heavy atom. The van der Waals surface area contributed by atoms with Crippen LogP contribution < -0.4 is 5.73 Å². The molecule has 0 fully saturated rings. The van der Waals surface area contributed by atoms with Gasteiger partial charge in [0.15, 0.2) is 0 Å². The van der Waals surface area contributed by atoms with Crippen molar-refractivity contribution in [1.82, 2.24) is 0 Å². The number of nitrogens with two attached hydrogens (primary N) is 1. The zero-order chi connectivity index (χ0) is 13.7. The van der Waals surface area contributed by atoms with Crippen LogP contribution in [-0.2, 0) is 6.42 Å². The Morgan fingerprint density at radius 1 is 1.11 bits per heavy atom. The average Bonchev–Trinajstić information content (AvgIpc) is 2.27. The van der Waals surface area contributed by atoms with E-state index in [1.807, 2.05) is 0 Å². The van der Waals surface area contributed by atoms with Crippen LogP contribution in [0.5, 0.6) is 0 Å². The summed E-state index contributed by atoms with van der Waals surface area (Å²) in [6.45, 7) is 8.51. The number of aliphatic hydroxyl groups excluding tert-OH is 1. The fourth-order valence-corrected chi connectivity index (χ4v) is 2.64. The van der Waals surface area contributed by atoms with E-state index in [-0.39, 0.29) is 12.1 Å². The molecule has 2 unspecified atom stereocenters. The van der Waals surface area contributed by atoms with Crippen molar-refractivity contribution in [3.8, 4) is 0 Å². The Balaban J connectivity index is 2.63. The molecule has 2 heteroatoms. The Labute approximate surface area is 111 Å². The van der Waals surface area contributed by atoms with Crippen molar-refractivity contribution in [2.45, 2.75) is 65.5 Å². The third-order valence-electron chi connectivity index (χ3n) is 3.65. The van der Waals surface area contributed by atoms with E-state index < -0.39 is 0 Å². The number of benzene rings is 1. The first-order valence-corrected chi connectivity index (χ1v) is 6.96. The standard InChI is InChI=1S/C16H27NO/c1-5-6-15(17)16(18)8-7-14-12(3)9-11(2)10-13(14)4/h9-10,15-16,18H,5-8,17H2,1-4H3. The van der Waals surface area contributed by atoms with Gasteiger partial charge in [-0.05, 0) is 56.7 Å². The van der Waals surface area contributed by atoms with Gasteiger partial charge in [-0.3, -0.25) is 0 Å². The number of hydrogen-bond donors (Lipinski definition) is 2. The highest BCUT2D eigenvalue weighted by Gasteiger charge is 2.14. The lowest BCUT2D eigenvalue weighted by molar-refractivity contribution is 0.131. The van der Waals surface area contributed by atoms with Crippen molar-refractivity contribution in [2.24, 2.45) is 5.73 Å². The van der Waals surface area contributed by atoms with Gasteiger partial charge in [0.25, 0.3) is 0 Å². The Bertz CT molecular complexity index is 364. The Kier molecular flexibility index (Phi) is 5.83. The van der Waals surface area contributed by atoms with E-state index in [4.69, 9.17) is 5.73 Å². The van der Waals surface area contributed by atoms with Crippen molar-refractivity contribution >= 4 is 0 Å². The summed E-state index contributed by atoms with van der Waals surface area (Å²) in [5, 5.41) is 10.0. The zero-order valence-electron chi connectivity index (χ0n) is 12.2. The summed E-state index contributed by atoms with van der Waals surface area (Å²) < 4.78 is 0. The van der Waals surface area contributed by atoms with Gasteiger partial charge in [-0.2, -0.15) is 0 Å². The van der Waals surface area contributed by atoms with E-state index in [1.54, 1.807) is 0 Å². The molecule has 0 radical (unpaired) electrons. The molecule has 0 aliphatic rings. The van der Waals surface area contributed by atoms with Gasteiger partial charge in [0.05, 0.1) is 6.10 Å². The molecule has 1 aromatic rings. The van der Waals surface area contributed by atoms with Gasteiger partial charge in [0.2, 0.25) is 0 Å². The molecule has 3 N–H and O–H groups in total. The third kappa shape index (κ3) is 4.11. The van der Waals surface area contributed by atoms with E-state index >= 15 is 0 Å². The van der Waals surface area contributed by atoms with Crippen LogP contribution in [0, 0.1) is 20.8 Å². The second-order valence-corrected chi connectivity index (χ2v) is 5.44. The van der Waals surface area contributed by atoms with E-state index in [1.165, 1.54) is 22.3 Å². The molecule has 0 aliphatic carbocycles. The minimum Gasteiger partial charge on any atom is -0.392 e. The summed E-state index contributed by atoms with van der Waals surface area (Å²) in [7, 11) is 0. The SMILES string of the molecule is CCCC(N)C(O)CCc1c(C)cc(C)cc1C. The molecule has 0 spiro atoms. The molecule has 0 aromatic heterocycles. The van der Waals surface area contributed by atoms with Crippen LogP contribution in [0.1, 0.15) is 48.4 Å². The van der Waals surface area contributed by atoms with Crippen molar-refractivity contribution in [3.05, 3.63) is 34.4 Å². The van der Waals surface area contributed by atoms with Gasteiger partial charge in [-0.15, -0.1) is 0 Å². The zero-order valence-corrected chi connectivity index (χ0v) is 12.2. The van der Waals surface area contributed by atoms with Gasteiger partial charge >= 0.3 is 0 Å². The van der Waals surface area contributed by atoms with Gasteiger partial charge in [-0.25, -0.2) is 0 Å². The summed E-state index contributed by atoms with van der Waals surface area (Å²) in [6.07, 6.45) is 3.21. The number of aryl methyl sites for hydroxylation is 3. The second-order valence-electron chi connectivity index (χ2n) is 5.44. The molecule has 1 aromatic carbocycles. The lowest BCUT2D eigenvalue weighted by atomic mass is 9.93. The van der Waals surface area contributed by atoms with Crippen molar-refractivity contribution in [3.63, 3.8) is 0 Å². The first-order chi connectivity index (χ1) is 8.45. The maximum Gasteiger partial charge on any atom is 0.0694 e. The minimum absolute atomic E-state index is 0.0824. The van der Waals surface area contributed by atoms with Crippen LogP contribution in [0.2, 0.25) is 0 Å². The molecule has 0 saturated heterocycles. The fourth-order valence-electron chi connectivity index (χ4n) is 2.64. The van der Waals surface area contributed by atoms with Gasteiger partial charge in [0.1, 0.15) is 0 Å². The van der Waals surface area contributed by atoms with E-state index in [0.717, 1.165) is 25.7 Å². The Morgan fingerprint density at radius 2 is 1.67 bits per heavy atom. The number of aliphatic hydroxyl groups is 1. The topological polar surface area (TPSA) is 46.2 Å². The highest BCUT2D eigenvalue weighted by Crippen LogP contribution is 2.19. The molecule has 0 amide bonds. The monoisotopic (exact) mass is 249 g/mol. The molecule has 0 saturated carbocycles. The molecule has 2 atom stereocenters. The molecule has 0 bridgehead atoms. The highest BCUT2D eigenvalue weighted by atomic mass is 16.3. The van der Waals surface area contributed by atoms with Crippen molar-refractivity contribution < 1.29 is 5.11 Å². The predicted molar refractivity (Wildman–Crippen MR) is 77.9 cm³/mol. The number of hydrogen-bond acceptors (Lipinski definition) is 2. The van der Waals surface area contributed by atoms with Gasteiger partial charge < -0.3 is 10.8 Å². The van der Waals surface area contributed by atoms with E-state index in [9.17, 15) is 5.11 Å². The smallest absolute Gasteiger partial charge is 0.0694 e. The van der Waals surface area contributed by atoms with Crippen LogP contribution in [0.4, 0.5) is 0 Å². The van der Waals surface area contributed by atoms with Crippen LogP contribution in [-0.4, -0.2) is 17.3 Å². The maximum absolute atomic E-state index is 10.0. The van der Waals surface area contributed by atoms with Crippen molar-refractivity contribution in [1.29, 1.82) is 0 Å². The Hall–Kier alpha value is -0.860. The van der Waals surface area contributed by atoms with Gasteiger partial charge in [0, 0.05) is 6.04 Å². The van der Waals surface area contributed by atoms with Crippen LogP contribution in [0.15, 0.2) is 12.1 Å². The van der Waals surface area contributed by atoms with Crippen LogP contribution in [0.25, 0.3) is 0 Å². The average molecular weight is 249 g/mol. The molecule has 0 heterocycles. The maximum atomic E-state index is 10.0. The summed E-state index contributed by atoms with van der Waals surface area (Å²) >= 11 is 0. The van der Waals surface area contributed by atoms with Crippen LogP contribution in [0.3, 0.4) is 0 Å². The molecule has 1 rings (SSSR count). The molecule has 102 valence electrons. The molecule has 2 nitrogen and oxygen atoms in total. The summed E-state index contributed by atoms with van der Waals surface area (Å²) in [6, 6.07) is 4.34. The normalized spacial score (nSPS) is 14.6. The molecular weight excluding hydrogens is 222 g/mol. The second kappa shape index (κ2) is 6.91. The summed E-state index contributed by atoms with van der Waals surface area (Å²) in [5.74, 6) is 0. The predicted octanol–water partition coefficient (Wildman–Crippen LogP) is 3.03. The van der Waals surface area contributed by atoms with E-state index in [2.05, 4.69) is 39.8 Å². The highest BCUT2D eigenvalue weighted by molar-refractivity contribution is 5.37. The van der Waals surface area contributed by atoms with Crippen LogP contribution >= 0.6 is 0 Å². The summed E-state index contributed by atoms with van der Waals surface area (Å²) in [5.41, 5.74) is 11.3. The molecular formula is C16H27NO. The summed E-state index contributed by atoms with van der Waals surface area (Å²) in [4.78, 5) is 0. The first kappa shape index (κ1) is 15.2. The molecule has 18 heavy (non-hydrogen) atoms. The third-order valence-corrected chi connectivity index (χ3v) is 3.65. The quantitative estimate of drug-likeness (QED) is 0.814. The van der Waals surface area contributed by atoms with E-state index in [0.29, 0.717) is 0 Å². The number of rotatable bonds is 6.